The summed E-state index contributed by atoms with van der Waals surface area (Å²) in [6.07, 6.45) is 1.84. The van der Waals surface area contributed by atoms with Crippen molar-refractivity contribution in [3.8, 4) is 11.8 Å². The van der Waals surface area contributed by atoms with E-state index in [1.54, 1.807) is 23.3 Å². The van der Waals surface area contributed by atoms with Crippen LogP contribution in [0.15, 0.2) is 47.1 Å². The maximum atomic E-state index is 12.4. The van der Waals surface area contributed by atoms with Crippen LogP contribution in [0.4, 0.5) is 0 Å². The standard InChI is InChI=1S/C19H22N2O3/c1-15(2)16-6-3-7-17(12-16)24-14-19(22)21(10-5-9-20)13-18-8-4-11-23-18/h3-4,6-8,11-12,15H,5,10,13-14H2,1-2H3. The zero-order chi connectivity index (χ0) is 17.4. The van der Waals surface area contributed by atoms with Gasteiger partial charge in [-0.3, -0.25) is 4.79 Å². The molecule has 0 atom stereocenters. The molecule has 0 aliphatic heterocycles. The zero-order valence-corrected chi connectivity index (χ0v) is 14.1. The maximum Gasteiger partial charge on any atom is 0.260 e. The summed E-state index contributed by atoms with van der Waals surface area (Å²) in [5, 5.41) is 8.77. The molecule has 0 saturated heterocycles. The van der Waals surface area contributed by atoms with Crippen LogP contribution in [-0.2, 0) is 11.3 Å². The highest BCUT2D eigenvalue weighted by Crippen LogP contribution is 2.20. The van der Waals surface area contributed by atoms with Crippen molar-refractivity contribution < 1.29 is 13.9 Å². The number of carbonyl (C=O) groups excluding carboxylic acids is 1. The Kier molecular flexibility index (Phi) is 6.44. The number of furan rings is 1. The molecule has 0 aliphatic rings. The van der Waals surface area contributed by atoms with E-state index in [9.17, 15) is 4.79 Å². The molecule has 1 aromatic heterocycles. The minimum absolute atomic E-state index is 0.0618. The lowest BCUT2D eigenvalue weighted by Gasteiger charge is -2.20. The summed E-state index contributed by atoms with van der Waals surface area (Å²) in [5.74, 6) is 1.59. The minimum Gasteiger partial charge on any atom is -0.484 e. The number of nitriles is 1. The van der Waals surface area contributed by atoms with Crippen molar-refractivity contribution in [2.45, 2.75) is 32.7 Å². The highest BCUT2D eigenvalue weighted by molar-refractivity contribution is 5.77. The van der Waals surface area contributed by atoms with E-state index in [1.807, 2.05) is 24.3 Å². The number of ether oxygens (including phenoxy) is 1. The van der Waals surface area contributed by atoms with Crippen LogP contribution in [-0.4, -0.2) is 24.0 Å². The topological polar surface area (TPSA) is 66.5 Å². The molecule has 126 valence electrons. The molecule has 2 rings (SSSR count). The monoisotopic (exact) mass is 326 g/mol. The molecule has 0 N–H and O–H groups in total. The van der Waals surface area contributed by atoms with Crippen molar-refractivity contribution in [1.82, 2.24) is 4.90 Å². The predicted octanol–water partition coefficient (Wildman–Crippen LogP) is 3.72. The van der Waals surface area contributed by atoms with Crippen molar-refractivity contribution in [3.63, 3.8) is 0 Å². The molecule has 1 heterocycles. The van der Waals surface area contributed by atoms with Crippen LogP contribution >= 0.6 is 0 Å². The average Bonchev–Trinajstić information content (AvgIpc) is 3.09. The van der Waals surface area contributed by atoms with Crippen molar-refractivity contribution in [2.75, 3.05) is 13.2 Å². The lowest BCUT2D eigenvalue weighted by atomic mass is 10.0. The summed E-state index contributed by atoms with van der Waals surface area (Å²) >= 11 is 0. The van der Waals surface area contributed by atoms with Gasteiger partial charge in [0.1, 0.15) is 11.5 Å². The van der Waals surface area contributed by atoms with Gasteiger partial charge in [0.25, 0.3) is 5.91 Å². The van der Waals surface area contributed by atoms with Gasteiger partial charge in [-0.05, 0) is 35.7 Å². The van der Waals surface area contributed by atoms with E-state index in [4.69, 9.17) is 14.4 Å². The summed E-state index contributed by atoms with van der Waals surface area (Å²) in [6.45, 7) is 4.84. The molecular weight excluding hydrogens is 304 g/mol. The van der Waals surface area contributed by atoms with Crippen LogP contribution in [0.25, 0.3) is 0 Å². The smallest absolute Gasteiger partial charge is 0.260 e. The van der Waals surface area contributed by atoms with Crippen LogP contribution < -0.4 is 4.74 Å². The normalized spacial score (nSPS) is 10.4. The number of hydrogen-bond acceptors (Lipinski definition) is 4. The fourth-order valence-electron chi connectivity index (χ4n) is 2.27. The fraction of sp³-hybridized carbons (Fsp3) is 0.368. The second-order valence-electron chi connectivity index (χ2n) is 5.82. The Morgan fingerprint density at radius 2 is 2.17 bits per heavy atom. The summed E-state index contributed by atoms with van der Waals surface area (Å²) in [4.78, 5) is 14.0. The second-order valence-corrected chi connectivity index (χ2v) is 5.82. The number of hydrogen-bond donors (Lipinski definition) is 0. The third-order valence-corrected chi connectivity index (χ3v) is 3.66. The predicted molar refractivity (Wildman–Crippen MR) is 90.4 cm³/mol. The summed E-state index contributed by atoms with van der Waals surface area (Å²) in [5.41, 5.74) is 1.16. The van der Waals surface area contributed by atoms with Gasteiger partial charge < -0.3 is 14.1 Å². The average molecular weight is 326 g/mol. The van der Waals surface area contributed by atoms with Crippen molar-refractivity contribution in [3.05, 3.63) is 54.0 Å². The Hall–Kier alpha value is -2.74. The van der Waals surface area contributed by atoms with E-state index in [1.165, 1.54) is 0 Å². The molecule has 5 heteroatoms. The number of rotatable bonds is 8. The van der Waals surface area contributed by atoms with Crippen LogP contribution in [0.3, 0.4) is 0 Å². The largest absolute Gasteiger partial charge is 0.484 e. The van der Waals surface area contributed by atoms with E-state index in [-0.39, 0.29) is 18.9 Å². The quantitative estimate of drug-likeness (QED) is 0.741. The first kappa shape index (κ1) is 17.6. The van der Waals surface area contributed by atoms with Crippen LogP contribution in [0, 0.1) is 11.3 Å². The molecule has 0 aliphatic carbocycles. The van der Waals surface area contributed by atoms with Crippen molar-refractivity contribution >= 4 is 5.91 Å². The molecule has 1 aromatic carbocycles. The maximum absolute atomic E-state index is 12.4. The molecule has 24 heavy (non-hydrogen) atoms. The molecule has 0 unspecified atom stereocenters. The minimum atomic E-state index is -0.170. The highest BCUT2D eigenvalue weighted by Gasteiger charge is 2.16. The Labute approximate surface area is 142 Å². The highest BCUT2D eigenvalue weighted by atomic mass is 16.5. The SMILES string of the molecule is CC(C)c1cccc(OCC(=O)N(CCC#N)Cc2ccco2)c1. The molecule has 2 aromatic rings. The second kappa shape index (κ2) is 8.78. The number of carbonyl (C=O) groups is 1. The molecule has 1 amide bonds. The molecule has 0 bridgehead atoms. The van der Waals surface area contributed by atoms with Crippen LogP contribution in [0.5, 0.6) is 5.75 Å². The number of amides is 1. The molecule has 0 fully saturated rings. The summed E-state index contributed by atoms with van der Waals surface area (Å²) in [6, 6.07) is 13.4. The first-order valence-electron chi connectivity index (χ1n) is 8.00. The Bertz CT molecular complexity index is 687. The van der Waals surface area contributed by atoms with E-state index < -0.39 is 0 Å². The molecule has 0 saturated carbocycles. The van der Waals surface area contributed by atoms with E-state index in [2.05, 4.69) is 19.9 Å². The number of nitrogens with zero attached hydrogens (tertiary/aromatic N) is 2. The molecular formula is C19H22N2O3. The van der Waals surface area contributed by atoms with Crippen LogP contribution in [0.2, 0.25) is 0 Å². The van der Waals surface area contributed by atoms with Gasteiger partial charge in [0.2, 0.25) is 0 Å². The third-order valence-electron chi connectivity index (χ3n) is 3.66. The van der Waals surface area contributed by atoms with Gasteiger partial charge in [-0.2, -0.15) is 5.26 Å². The van der Waals surface area contributed by atoms with Gasteiger partial charge in [-0.15, -0.1) is 0 Å². The van der Waals surface area contributed by atoms with Gasteiger partial charge in [0.05, 0.1) is 25.3 Å². The Morgan fingerprint density at radius 3 is 2.83 bits per heavy atom. The zero-order valence-electron chi connectivity index (χ0n) is 14.1. The van der Waals surface area contributed by atoms with Gasteiger partial charge >= 0.3 is 0 Å². The third kappa shape index (κ3) is 5.17. The van der Waals surface area contributed by atoms with Crippen molar-refractivity contribution in [2.24, 2.45) is 0 Å². The fourth-order valence-corrected chi connectivity index (χ4v) is 2.27. The van der Waals surface area contributed by atoms with E-state index in [0.717, 1.165) is 5.56 Å². The first-order valence-corrected chi connectivity index (χ1v) is 8.00. The van der Waals surface area contributed by atoms with E-state index in [0.29, 0.717) is 30.5 Å². The summed E-state index contributed by atoms with van der Waals surface area (Å²) in [7, 11) is 0. The van der Waals surface area contributed by atoms with Gasteiger partial charge in [-0.25, -0.2) is 0 Å². The molecule has 0 spiro atoms. The Balaban J connectivity index is 1.96. The van der Waals surface area contributed by atoms with Crippen LogP contribution in [0.1, 0.15) is 37.5 Å². The molecule has 0 radical (unpaired) electrons. The van der Waals surface area contributed by atoms with Gasteiger partial charge in [-0.1, -0.05) is 26.0 Å². The van der Waals surface area contributed by atoms with Gasteiger partial charge in [0, 0.05) is 6.54 Å². The van der Waals surface area contributed by atoms with Crippen molar-refractivity contribution in [1.29, 1.82) is 5.26 Å². The lowest BCUT2D eigenvalue weighted by Crippen LogP contribution is -2.35. The Morgan fingerprint density at radius 1 is 1.33 bits per heavy atom. The lowest BCUT2D eigenvalue weighted by molar-refractivity contribution is -0.134. The summed E-state index contributed by atoms with van der Waals surface area (Å²) < 4.78 is 10.9. The van der Waals surface area contributed by atoms with E-state index >= 15 is 0 Å². The number of benzene rings is 1. The van der Waals surface area contributed by atoms with Gasteiger partial charge in [0.15, 0.2) is 6.61 Å². The first-order chi connectivity index (χ1) is 11.6. The molecule has 5 nitrogen and oxygen atoms in total.